The van der Waals surface area contributed by atoms with E-state index in [1.807, 2.05) is 0 Å². The number of hydrogen-bond acceptors (Lipinski definition) is 14. The van der Waals surface area contributed by atoms with Gasteiger partial charge in [-0.15, -0.1) is 45.3 Å². The van der Waals surface area contributed by atoms with Gasteiger partial charge in [0.05, 0.1) is 59.7 Å². The molecule has 0 saturated carbocycles. The fourth-order valence-electron chi connectivity index (χ4n) is 5.39. The van der Waals surface area contributed by atoms with Crippen LogP contribution in [0.1, 0.15) is 11.1 Å². The Morgan fingerprint density at radius 2 is 0.849 bits per heavy atom. The van der Waals surface area contributed by atoms with Crippen molar-refractivity contribution in [3.05, 3.63) is 111 Å². The molecule has 0 N–H and O–H groups in total. The summed E-state index contributed by atoms with van der Waals surface area (Å²) < 4.78 is 96.5. The lowest BCUT2D eigenvalue weighted by Crippen LogP contribution is -2.48. The lowest BCUT2D eigenvalue weighted by molar-refractivity contribution is -0.384. The summed E-state index contributed by atoms with van der Waals surface area (Å²) in [6.07, 6.45) is 0. The number of nitrogens with zero attached hydrogens (tertiary/aromatic N) is 4. The third kappa shape index (κ3) is 5.75. The molecule has 24 heteroatoms. The van der Waals surface area contributed by atoms with Crippen molar-refractivity contribution in [3.63, 3.8) is 0 Å². The molecule has 12 nitrogen and oxygen atoms in total. The molecule has 0 unspecified atom stereocenters. The number of halogens is 6. The lowest BCUT2D eigenvalue weighted by atomic mass is 9.94. The van der Waals surface area contributed by atoms with Crippen LogP contribution in [0.3, 0.4) is 0 Å². The number of hydrogen-bond donors (Lipinski definition) is 0. The highest BCUT2D eigenvalue weighted by Crippen LogP contribution is 2.68. The fraction of sp³-hybridized carbons (Fsp3) is 0.103. The van der Waals surface area contributed by atoms with Gasteiger partial charge in [0.15, 0.2) is 0 Å². The van der Waals surface area contributed by atoms with E-state index in [1.165, 1.54) is 0 Å². The average molecular weight is 849 g/mol. The topological polar surface area (TPSA) is 173 Å². The average Bonchev–Trinajstić information content (AvgIpc) is 3.92. The van der Waals surface area contributed by atoms with Crippen LogP contribution in [0.2, 0.25) is 0 Å². The van der Waals surface area contributed by atoms with Gasteiger partial charge in [-0.3, -0.25) is 40.5 Å². The van der Waals surface area contributed by atoms with Gasteiger partial charge < -0.3 is 0 Å². The van der Waals surface area contributed by atoms with Gasteiger partial charge >= 0.3 is 27.8 Å². The smallest absolute Gasteiger partial charge is 0.258 e. The van der Waals surface area contributed by atoms with Gasteiger partial charge in [-0.2, -0.15) is 26.3 Å². The molecule has 53 heavy (non-hydrogen) atoms. The summed E-state index contributed by atoms with van der Waals surface area (Å²) in [5.74, 6) is -17.3. The molecule has 6 heterocycles. The molecule has 0 amide bonds. The molecule has 7 rings (SSSR count). The van der Waals surface area contributed by atoms with Crippen LogP contribution in [0.5, 0.6) is 0 Å². The fourth-order valence-corrected chi connectivity index (χ4v) is 11.5. The first-order chi connectivity index (χ1) is 24.8. The highest BCUT2D eigenvalue weighted by Gasteiger charge is 2.80. The first-order valence-electron chi connectivity index (χ1n) is 14.0. The Hall–Kier alpha value is -4.88. The number of alkyl halides is 6. The summed E-state index contributed by atoms with van der Waals surface area (Å²) >= 11 is 3.64. The van der Waals surface area contributed by atoms with Gasteiger partial charge in [-0.25, -0.2) is 0 Å². The summed E-state index contributed by atoms with van der Waals surface area (Å²) in [6, 6.07) is 8.10. The van der Waals surface area contributed by atoms with Crippen LogP contribution in [0, 0.1) is 40.5 Å². The SMILES string of the molecule is O=[N+]([O-])c1csc(-c2cc(C3=C(c4cc(-c5cc([N+](=O)[O-])cs5)sc4-c4ccc([N+](=O)[O-])s4)C(F)(F)C(F)(F)C3(F)F)c(-c3ccc([N+](=O)[O-])s3)s2)c1. The largest absolute Gasteiger partial charge is 0.380 e. The van der Waals surface area contributed by atoms with E-state index in [2.05, 4.69) is 0 Å². The third-order valence-electron chi connectivity index (χ3n) is 7.74. The van der Waals surface area contributed by atoms with Crippen LogP contribution in [0.4, 0.5) is 47.7 Å². The van der Waals surface area contributed by atoms with E-state index in [0.29, 0.717) is 45.3 Å². The quantitative estimate of drug-likeness (QED) is 0.0744. The molecule has 0 spiro atoms. The Bertz CT molecular complexity index is 2390. The molecule has 0 aliphatic heterocycles. The van der Waals surface area contributed by atoms with Gasteiger partial charge in [0, 0.05) is 56.3 Å². The van der Waals surface area contributed by atoms with E-state index < -0.39 is 81.1 Å². The normalized spacial score (nSPS) is 16.0. The summed E-state index contributed by atoms with van der Waals surface area (Å²) in [5.41, 5.74) is -6.24. The Morgan fingerprint density at radius 3 is 1.15 bits per heavy atom. The third-order valence-corrected chi connectivity index (χ3v) is 14.7. The van der Waals surface area contributed by atoms with Crippen molar-refractivity contribution in [2.75, 3.05) is 0 Å². The van der Waals surface area contributed by atoms with E-state index in [-0.39, 0.29) is 39.0 Å². The van der Waals surface area contributed by atoms with Crippen LogP contribution in [0.25, 0.3) is 50.2 Å². The zero-order chi connectivity index (χ0) is 38.4. The van der Waals surface area contributed by atoms with Crippen molar-refractivity contribution in [1.29, 1.82) is 0 Å². The van der Waals surface area contributed by atoms with Crippen molar-refractivity contribution in [2.24, 2.45) is 0 Å². The summed E-state index contributed by atoms with van der Waals surface area (Å²) in [5, 5.41) is 47.0. The maximum atomic E-state index is 16.3. The zero-order valence-electron chi connectivity index (χ0n) is 25.0. The van der Waals surface area contributed by atoms with Crippen LogP contribution in [-0.2, 0) is 0 Å². The van der Waals surface area contributed by atoms with Crippen LogP contribution < -0.4 is 0 Å². The van der Waals surface area contributed by atoms with Gasteiger partial charge in [0.1, 0.15) is 0 Å². The van der Waals surface area contributed by atoms with E-state index in [4.69, 9.17) is 0 Å². The van der Waals surface area contributed by atoms with Crippen molar-refractivity contribution in [2.45, 2.75) is 17.8 Å². The van der Waals surface area contributed by atoms with Crippen molar-refractivity contribution < 1.29 is 46.0 Å². The van der Waals surface area contributed by atoms with E-state index in [9.17, 15) is 40.5 Å². The molecular formula is C29H10F6N4O8S6. The maximum Gasteiger partial charge on any atom is 0.380 e. The summed E-state index contributed by atoms with van der Waals surface area (Å²) in [6.45, 7) is 0. The van der Waals surface area contributed by atoms with Crippen LogP contribution in [0.15, 0.2) is 59.3 Å². The van der Waals surface area contributed by atoms with E-state index in [1.54, 1.807) is 0 Å². The van der Waals surface area contributed by atoms with Crippen LogP contribution >= 0.6 is 68.0 Å². The van der Waals surface area contributed by atoms with Crippen molar-refractivity contribution in [3.8, 4) is 39.0 Å². The second-order valence-corrected chi connectivity index (χ2v) is 16.9. The second-order valence-electron chi connectivity index (χ2n) is 10.8. The minimum Gasteiger partial charge on any atom is -0.258 e. The van der Waals surface area contributed by atoms with Gasteiger partial charge in [0.2, 0.25) is 0 Å². The highest BCUT2D eigenvalue weighted by atomic mass is 32.1. The molecule has 272 valence electrons. The summed E-state index contributed by atoms with van der Waals surface area (Å²) in [4.78, 5) is 41.8. The number of thiophene rings is 6. The monoisotopic (exact) mass is 848 g/mol. The molecule has 1 aliphatic carbocycles. The Labute approximate surface area is 312 Å². The Morgan fingerprint density at radius 1 is 0.472 bits per heavy atom. The molecular weight excluding hydrogens is 839 g/mol. The number of nitro groups is 4. The second kappa shape index (κ2) is 12.6. The van der Waals surface area contributed by atoms with E-state index >= 15 is 26.3 Å². The van der Waals surface area contributed by atoms with Crippen LogP contribution in [-0.4, -0.2) is 37.5 Å². The molecule has 0 atom stereocenters. The standard InChI is InChI=1S/C29H10F6N4O8S6/c30-27(31)23(13-7-19(17-5-11(9-48-17)36(40)41)52-25(13)15-1-3-21(50-15)38(44)45)24(28(32,33)29(27,34)35)14-8-20(18-6-12(10-49-18)37(42)43)53-26(14)16-2-4-22(51-16)39(46)47/h1-10H. The number of allylic oxidation sites excluding steroid dienone is 2. The predicted octanol–water partition coefficient (Wildman–Crippen LogP) is 12.2. The van der Waals surface area contributed by atoms with Crippen molar-refractivity contribution >= 4 is 101 Å². The minimum atomic E-state index is -6.07. The summed E-state index contributed by atoms with van der Waals surface area (Å²) in [7, 11) is 0. The minimum absolute atomic E-state index is 0.0451. The molecule has 0 aromatic carbocycles. The Kier molecular flexibility index (Phi) is 8.69. The molecule has 0 saturated heterocycles. The molecule has 0 fully saturated rings. The molecule has 6 aromatic rings. The van der Waals surface area contributed by atoms with E-state index in [0.717, 1.165) is 82.0 Å². The first-order valence-corrected chi connectivity index (χ1v) is 19.0. The lowest BCUT2D eigenvalue weighted by Gasteiger charge is -2.25. The Balaban J connectivity index is 1.57. The predicted molar refractivity (Wildman–Crippen MR) is 190 cm³/mol. The number of rotatable bonds is 10. The van der Waals surface area contributed by atoms with Crippen molar-refractivity contribution in [1.82, 2.24) is 0 Å². The maximum absolute atomic E-state index is 16.3. The van der Waals surface area contributed by atoms with Gasteiger partial charge in [-0.1, -0.05) is 22.7 Å². The molecule has 6 aromatic heterocycles. The first kappa shape index (κ1) is 36.5. The van der Waals surface area contributed by atoms with Gasteiger partial charge in [-0.05, 0) is 24.3 Å². The molecule has 1 aliphatic rings. The molecule has 0 radical (unpaired) electrons. The highest BCUT2D eigenvalue weighted by molar-refractivity contribution is 7.28. The molecule has 0 bridgehead atoms. The van der Waals surface area contributed by atoms with Gasteiger partial charge in [0.25, 0.3) is 11.4 Å². The zero-order valence-corrected chi connectivity index (χ0v) is 29.9.